The predicted molar refractivity (Wildman–Crippen MR) is 92.4 cm³/mol. The minimum Gasteiger partial charge on any atom is -0.481 e. The molecule has 1 atom stereocenters. The van der Waals surface area contributed by atoms with Crippen molar-refractivity contribution in [3.63, 3.8) is 0 Å². The van der Waals surface area contributed by atoms with E-state index < -0.39 is 12.0 Å². The molecule has 3 rings (SSSR count). The summed E-state index contributed by atoms with van der Waals surface area (Å²) in [4.78, 5) is 35.6. The first-order valence-electron chi connectivity index (χ1n) is 8.59. The molecule has 2 saturated heterocycles. The first kappa shape index (κ1) is 18.2. The summed E-state index contributed by atoms with van der Waals surface area (Å²) in [6.45, 7) is 3.30. The number of hydrogen-bond donors (Lipinski definition) is 1. The van der Waals surface area contributed by atoms with Gasteiger partial charge in [0.25, 0.3) is 0 Å². The molecule has 1 spiro atoms. The van der Waals surface area contributed by atoms with Crippen LogP contribution in [0.15, 0.2) is 6.07 Å². The van der Waals surface area contributed by atoms with Gasteiger partial charge in [-0.25, -0.2) is 4.79 Å². The van der Waals surface area contributed by atoms with Crippen LogP contribution < -0.4 is 14.4 Å². The number of hydrogen-bond acceptors (Lipinski definition) is 7. The van der Waals surface area contributed by atoms with Gasteiger partial charge in [-0.3, -0.25) is 4.79 Å². The third-order valence-electron chi connectivity index (χ3n) is 5.39. The van der Waals surface area contributed by atoms with Crippen LogP contribution in [0.3, 0.4) is 0 Å². The molecule has 9 heteroatoms. The van der Waals surface area contributed by atoms with Gasteiger partial charge in [0.15, 0.2) is 0 Å². The highest BCUT2D eigenvalue weighted by Crippen LogP contribution is 2.44. The van der Waals surface area contributed by atoms with Crippen LogP contribution in [0.25, 0.3) is 0 Å². The van der Waals surface area contributed by atoms with Gasteiger partial charge in [-0.1, -0.05) is 0 Å². The second-order valence-corrected chi connectivity index (χ2v) is 6.94. The van der Waals surface area contributed by atoms with Crippen molar-refractivity contribution in [1.82, 2.24) is 14.9 Å². The Labute approximate surface area is 151 Å². The third-order valence-corrected chi connectivity index (χ3v) is 5.39. The highest BCUT2D eigenvalue weighted by Gasteiger charge is 2.49. The molecule has 1 aromatic rings. The van der Waals surface area contributed by atoms with Crippen molar-refractivity contribution in [2.75, 3.05) is 38.8 Å². The third kappa shape index (κ3) is 3.38. The topological polar surface area (TPSA) is 105 Å². The fraction of sp³-hybridized carbons (Fsp3) is 0.647. The molecular weight excluding hydrogens is 340 g/mol. The Bertz CT molecular complexity index is 656. The number of methoxy groups -OCH3 is 2. The number of anilines is 1. The summed E-state index contributed by atoms with van der Waals surface area (Å²) in [6.07, 6.45) is 2.06. The highest BCUT2D eigenvalue weighted by atomic mass is 16.5. The van der Waals surface area contributed by atoms with E-state index in [0.717, 1.165) is 12.8 Å². The number of carboxylic acids is 1. The predicted octanol–water partition coefficient (Wildman–Crippen LogP) is 0.786. The van der Waals surface area contributed by atoms with Gasteiger partial charge >= 0.3 is 5.97 Å². The number of piperidine rings is 1. The van der Waals surface area contributed by atoms with Gasteiger partial charge in [0, 0.05) is 26.6 Å². The first-order chi connectivity index (χ1) is 12.4. The fourth-order valence-corrected chi connectivity index (χ4v) is 3.89. The van der Waals surface area contributed by atoms with E-state index in [-0.39, 0.29) is 11.3 Å². The Morgan fingerprint density at radius 1 is 1.19 bits per heavy atom. The van der Waals surface area contributed by atoms with Crippen molar-refractivity contribution in [2.24, 2.45) is 5.41 Å². The normalized spacial score (nSPS) is 21.7. The Morgan fingerprint density at radius 2 is 1.77 bits per heavy atom. The molecule has 9 nitrogen and oxygen atoms in total. The number of amides is 1. The van der Waals surface area contributed by atoms with Crippen LogP contribution in [0, 0.1) is 5.41 Å². The molecule has 0 aromatic carbocycles. The summed E-state index contributed by atoms with van der Waals surface area (Å²) < 4.78 is 10.4. The Kier molecular flexibility index (Phi) is 4.88. The van der Waals surface area contributed by atoms with Gasteiger partial charge in [0.05, 0.1) is 20.3 Å². The molecule has 26 heavy (non-hydrogen) atoms. The number of aromatic nitrogens is 2. The lowest BCUT2D eigenvalue weighted by Crippen LogP contribution is -2.43. The van der Waals surface area contributed by atoms with Crippen LogP contribution in [0.1, 0.15) is 26.2 Å². The Morgan fingerprint density at radius 3 is 2.19 bits per heavy atom. The number of rotatable bonds is 4. The lowest BCUT2D eigenvalue weighted by molar-refractivity contribution is -0.147. The van der Waals surface area contributed by atoms with E-state index in [9.17, 15) is 14.7 Å². The minimum absolute atomic E-state index is 0.159. The molecule has 2 aliphatic heterocycles. The summed E-state index contributed by atoms with van der Waals surface area (Å²) in [6, 6.07) is 0.890. The summed E-state index contributed by atoms with van der Waals surface area (Å²) in [5.41, 5.74) is -0.159. The minimum atomic E-state index is -0.930. The Balaban J connectivity index is 1.73. The summed E-state index contributed by atoms with van der Waals surface area (Å²) in [5, 5.41) is 9.44. The van der Waals surface area contributed by atoms with Crippen molar-refractivity contribution in [1.29, 1.82) is 0 Å². The second-order valence-electron chi connectivity index (χ2n) is 6.94. The van der Waals surface area contributed by atoms with Gasteiger partial charge in [-0.2, -0.15) is 9.97 Å². The number of likely N-dealkylation sites (tertiary alicyclic amines) is 1. The van der Waals surface area contributed by atoms with Crippen LogP contribution in [-0.2, 0) is 9.59 Å². The molecule has 0 aliphatic carbocycles. The van der Waals surface area contributed by atoms with Gasteiger partial charge in [-0.05, 0) is 24.7 Å². The van der Waals surface area contributed by atoms with Gasteiger partial charge in [0.2, 0.25) is 23.6 Å². The standard InChI is InChI=1S/C17H24N4O5/c1-11(22)21-10-17(9-12(21)15(23)24)4-6-20(7-5-17)16-18-13(25-2)8-14(19-16)26-3/h8,12H,4-7,9-10H2,1-3H3,(H,23,24). The Hall–Kier alpha value is -2.58. The molecule has 0 radical (unpaired) electrons. The maximum absolute atomic E-state index is 11.8. The van der Waals surface area contributed by atoms with E-state index >= 15 is 0 Å². The zero-order valence-electron chi connectivity index (χ0n) is 15.3. The monoisotopic (exact) mass is 364 g/mol. The zero-order chi connectivity index (χ0) is 18.9. The fourth-order valence-electron chi connectivity index (χ4n) is 3.89. The highest BCUT2D eigenvalue weighted by molar-refractivity contribution is 5.83. The number of nitrogens with zero attached hydrogens (tertiary/aromatic N) is 4. The van der Waals surface area contributed by atoms with E-state index in [1.54, 1.807) is 6.07 Å². The van der Waals surface area contributed by atoms with Crippen LogP contribution in [0.5, 0.6) is 11.8 Å². The second kappa shape index (κ2) is 6.97. The molecule has 0 bridgehead atoms. The molecule has 2 fully saturated rings. The smallest absolute Gasteiger partial charge is 0.326 e. The molecule has 0 saturated carbocycles. The first-order valence-corrected chi connectivity index (χ1v) is 8.59. The average Bonchev–Trinajstić information content (AvgIpc) is 3.01. The maximum Gasteiger partial charge on any atom is 0.326 e. The number of carbonyl (C=O) groups is 2. The SMILES string of the molecule is COc1cc(OC)nc(N2CCC3(CC2)CC(C(=O)O)N(C(C)=O)C3)n1. The number of aliphatic carboxylic acids is 1. The van der Waals surface area contributed by atoms with Crippen LogP contribution in [0.4, 0.5) is 5.95 Å². The number of carbonyl (C=O) groups excluding carboxylic acids is 1. The van der Waals surface area contributed by atoms with E-state index in [1.807, 2.05) is 4.90 Å². The molecule has 3 heterocycles. The maximum atomic E-state index is 11.8. The molecule has 142 valence electrons. The van der Waals surface area contributed by atoms with E-state index in [4.69, 9.17) is 9.47 Å². The van der Waals surface area contributed by atoms with Crippen LogP contribution in [0.2, 0.25) is 0 Å². The van der Waals surface area contributed by atoms with Crippen molar-refractivity contribution in [3.05, 3.63) is 6.07 Å². The van der Waals surface area contributed by atoms with E-state index in [2.05, 4.69) is 9.97 Å². The molecule has 1 N–H and O–H groups in total. The quantitative estimate of drug-likeness (QED) is 0.836. The van der Waals surface area contributed by atoms with E-state index in [1.165, 1.54) is 26.0 Å². The van der Waals surface area contributed by atoms with Crippen molar-refractivity contribution < 1.29 is 24.2 Å². The number of ether oxygens (including phenoxy) is 2. The average molecular weight is 364 g/mol. The van der Waals surface area contributed by atoms with Gasteiger partial charge in [0.1, 0.15) is 6.04 Å². The lowest BCUT2D eigenvalue weighted by atomic mass is 9.76. The molecule has 2 aliphatic rings. The lowest BCUT2D eigenvalue weighted by Gasteiger charge is -2.39. The zero-order valence-corrected chi connectivity index (χ0v) is 15.3. The molecule has 1 amide bonds. The van der Waals surface area contributed by atoms with Gasteiger partial charge in [-0.15, -0.1) is 0 Å². The van der Waals surface area contributed by atoms with Crippen LogP contribution >= 0.6 is 0 Å². The number of carboxylic acid groups (broad SMARTS) is 1. The molecular formula is C17H24N4O5. The van der Waals surface area contributed by atoms with Crippen LogP contribution in [-0.4, -0.2) is 71.7 Å². The van der Waals surface area contributed by atoms with E-state index in [0.29, 0.717) is 43.8 Å². The van der Waals surface area contributed by atoms with Crippen molar-refractivity contribution >= 4 is 17.8 Å². The molecule has 1 aromatic heterocycles. The largest absolute Gasteiger partial charge is 0.481 e. The summed E-state index contributed by atoms with van der Waals surface area (Å²) >= 11 is 0. The summed E-state index contributed by atoms with van der Waals surface area (Å²) in [5.74, 6) is 0.286. The summed E-state index contributed by atoms with van der Waals surface area (Å²) in [7, 11) is 3.08. The van der Waals surface area contributed by atoms with Crippen molar-refractivity contribution in [3.8, 4) is 11.8 Å². The van der Waals surface area contributed by atoms with Crippen molar-refractivity contribution in [2.45, 2.75) is 32.2 Å². The van der Waals surface area contributed by atoms with Gasteiger partial charge < -0.3 is 24.4 Å². The molecule has 1 unspecified atom stereocenters.